The minimum absolute atomic E-state index is 0.00135. The fourth-order valence-electron chi connectivity index (χ4n) is 2.82. The topological polar surface area (TPSA) is 56.1 Å². The molecule has 5 nitrogen and oxygen atoms in total. The first-order valence-corrected chi connectivity index (χ1v) is 8.60. The fraction of sp³-hybridized carbons (Fsp3) is 0.238. The summed E-state index contributed by atoms with van der Waals surface area (Å²) < 4.78 is 7.57. The number of nitrogens with zero attached hydrogens (tertiary/aromatic N) is 2. The maximum atomic E-state index is 12.2. The van der Waals surface area contributed by atoms with Crippen LogP contribution in [0.1, 0.15) is 29.7 Å². The van der Waals surface area contributed by atoms with E-state index in [9.17, 15) is 4.79 Å². The molecule has 26 heavy (non-hydrogen) atoms. The van der Waals surface area contributed by atoms with Crippen LogP contribution in [0.4, 0.5) is 0 Å². The van der Waals surface area contributed by atoms with Gasteiger partial charge < -0.3 is 14.6 Å². The number of carbonyl (C=O) groups is 1. The first-order chi connectivity index (χ1) is 12.5. The highest BCUT2D eigenvalue weighted by molar-refractivity contribution is 5.78. The third-order valence-corrected chi connectivity index (χ3v) is 4.26. The van der Waals surface area contributed by atoms with Crippen molar-refractivity contribution in [1.29, 1.82) is 0 Å². The Kier molecular flexibility index (Phi) is 5.37. The molecule has 0 aliphatic carbocycles. The second-order valence-electron chi connectivity index (χ2n) is 6.41. The van der Waals surface area contributed by atoms with Gasteiger partial charge in [0.2, 0.25) is 0 Å². The van der Waals surface area contributed by atoms with Crippen LogP contribution in [0.25, 0.3) is 5.69 Å². The lowest BCUT2D eigenvalue weighted by Gasteiger charge is -2.16. The van der Waals surface area contributed by atoms with E-state index in [1.807, 2.05) is 74.0 Å². The van der Waals surface area contributed by atoms with Crippen molar-refractivity contribution < 1.29 is 9.53 Å². The summed E-state index contributed by atoms with van der Waals surface area (Å²) in [6.07, 6.45) is 5.39. The van der Waals surface area contributed by atoms with Crippen LogP contribution in [0, 0.1) is 13.8 Å². The molecule has 0 aliphatic heterocycles. The van der Waals surface area contributed by atoms with Crippen LogP contribution in [0.5, 0.6) is 5.75 Å². The second-order valence-corrected chi connectivity index (χ2v) is 6.41. The molecule has 3 aromatic rings. The molecule has 3 rings (SSSR count). The average Bonchev–Trinajstić information content (AvgIpc) is 3.16. The van der Waals surface area contributed by atoms with Crippen molar-refractivity contribution in [2.45, 2.75) is 26.8 Å². The molecular formula is C21H23N3O2. The number of aromatic nitrogens is 2. The van der Waals surface area contributed by atoms with E-state index in [-0.39, 0.29) is 18.6 Å². The van der Waals surface area contributed by atoms with Crippen molar-refractivity contribution in [1.82, 2.24) is 14.9 Å². The molecule has 0 saturated carbocycles. The third kappa shape index (κ3) is 4.30. The fourth-order valence-corrected chi connectivity index (χ4v) is 2.82. The highest BCUT2D eigenvalue weighted by Crippen LogP contribution is 2.19. The van der Waals surface area contributed by atoms with Gasteiger partial charge in [0.1, 0.15) is 5.75 Å². The van der Waals surface area contributed by atoms with Crippen molar-refractivity contribution in [3.63, 3.8) is 0 Å². The number of rotatable bonds is 6. The zero-order valence-corrected chi connectivity index (χ0v) is 15.3. The Hall–Kier alpha value is -3.08. The van der Waals surface area contributed by atoms with E-state index in [2.05, 4.69) is 10.3 Å². The summed E-state index contributed by atoms with van der Waals surface area (Å²) in [5.74, 6) is 0.597. The summed E-state index contributed by atoms with van der Waals surface area (Å²) in [5.41, 5.74) is 4.27. The smallest absolute Gasteiger partial charge is 0.258 e. The first-order valence-electron chi connectivity index (χ1n) is 8.60. The van der Waals surface area contributed by atoms with Gasteiger partial charge in [-0.25, -0.2) is 4.98 Å². The van der Waals surface area contributed by atoms with Crippen molar-refractivity contribution in [2.24, 2.45) is 0 Å². The SMILES string of the molecule is Cc1ccc(OCC(=O)N[C@H](C)c2ccc(-n3ccnc3)cc2)c(C)c1. The number of ether oxygens (including phenoxy) is 1. The summed E-state index contributed by atoms with van der Waals surface area (Å²) in [5, 5.41) is 2.97. The average molecular weight is 349 g/mol. The van der Waals surface area contributed by atoms with Crippen molar-refractivity contribution in [3.8, 4) is 11.4 Å². The number of amides is 1. The standard InChI is InChI=1S/C21H23N3O2/c1-15-4-9-20(16(2)12-15)26-13-21(25)23-17(3)18-5-7-19(8-6-18)24-11-10-22-14-24/h4-12,14,17H,13H2,1-3H3,(H,23,25)/t17-/m1/s1. The minimum atomic E-state index is -0.142. The maximum absolute atomic E-state index is 12.2. The van der Waals surface area contributed by atoms with Crippen LogP contribution in [0.3, 0.4) is 0 Å². The van der Waals surface area contributed by atoms with Gasteiger partial charge in [-0.1, -0.05) is 29.8 Å². The number of carbonyl (C=O) groups excluding carboxylic acids is 1. The monoisotopic (exact) mass is 349 g/mol. The predicted octanol–water partition coefficient (Wildman–Crippen LogP) is 3.75. The Morgan fingerprint density at radius 3 is 2.62 bits per heavy atom. The van der Waals surface area contributed by atoms with Gasteiger partial charge in [-0.2, -0.15) is 0 Å². The Bertz CT molecular complexity index is 871. The quantitative estimate of drug-likeness (QED) is 0.737. The lowest BCUT2D eigenvalue weighted by molar-refractivity contribution is -0.123. The molecular weight excluding hydrogens is 326 g/mol. The van der Waals surface area contributed by atoms with Crippen LogP contribution < -0.4 is 10.1 Å². The van der Waals surface area contributed by atoms with E-state index in [0.29, 0.717) is 0 Å². The number of benzene rings is 2. The molecule has 0 aliphatic rings. The van der Waals surface area contributed by atoms with Crippen LogP contribution in [-0.2, 0) is 4.79 Å². The summed E-state index contributed by atoms with van der Waals surface area (Å²) in [4.78, 5) is 16.2. The summed E-state index contributed by atoms with van der Waals surface area (Å²) in [7, 11) is 0. The molecule has 0 bridgehead atoms. The van der Waals surface area contributed by atoms with Gasteiger partial charge >= 0.3 is 0 Å². The molecule has 0 unspecified atom stereocenters. The van der Waals surface area contributed by atoms with E-state index in [1.54, 1.807) is 12.5 Å². The molecule has 1 atom stereocenters. The van der Waals surface area contributed by atoms with Gasteiger partial charge in [-0.05, 0) is 50.1 Å². The Balaban J connectivity index is 1.55. The first kappa shape index (κ1) is 17.7. The van der Waals surface area contributed by atoms with Crippen LogP contribution in [0.15, 0.2) is 61.2 Å². The van der Waals surface area contributed by atoms with Gasteiger partial charge in [0.25, 0.3) is 5.91 Å². The Morgan fingerprint density at radius 1 is 1.19 bits per heavy atom. The highest BCUT2D eigenvalue weighted by Gasteiger charge is 2.11. The largest absolute Gasteiger partial charge is 0.484 e. The van der Waals surface area contributed by atoms with Crippen molar-refractivity contribution in [3.05, 3.63) is 77.9 Å². The summed E-state index contributed by atoms with van der Waals surface area (Å²) in [6.45, 7) is 5.97. The second kappa shape index (κ2) is 7.87. The van der Waals surface area contributed by atoms with E-state index in [1.165, 1.54) is 5.56 Å². The molecule has 5 heteroatoms. The third-order valence-electron chi connectivity index (χ3n) is 4.26. The minimum Gasteiger partial charge on any atom is -0.484 e. The molecule has 1 aromatic heterocycles. The number of imidazole rings is 1. The molecule has 0 saturated heterocycles. The predicted molar refractivity (Wildman–Crippen MR) is 102 cm³/mol. The lowest BCUT2D eigenvalue weighted by atomic mass is 10.1. The van der Waals surface area contributed by atoms with Crippen LogP contribution in [0.2, 0.25) is 0 Å². The normalized spacial score (nSPS) is 11.8. The molecule has 0 radical (unpaired) electrons. The number of aryl methyl sites for hydroxylation is 2. The Labute approximate surface area is 153 Å². The number of hydrogen-bond acceptors (Lipinski definition) is 3. The maximum Gasteiger partial charge on any atom is 0.258 e. The molecule has 2 aromatic carbocycles. The lowest BCUT2D eigenvalue weighted by Crippen LogP contribution is -2.31. The molecule has 1 N–H and O–H groups in total. The van der Waals surface area contributed by atoms with Crippen molar-refractivity contribution in [2.75, 3.05) is 6.61 Å². The zero-order valence-electron chi connectivity index (χ0n) is 15.3. The molecule has 0 spiro atoms. The number of nitrogens with one attached hydrogen (secondary N) is 1. The molecule has 1 amide bonds. The summed E-state index contributed by atoms with van der Waals surface area (Å²) >= 11 is 0. The van der Waals surface area contributed by atoms with Crippen molar-refractivity contribution >= 4 is 5.91 Å². The highest BCUT2D eigenvalue weighted by atomic mass is 16.5. The van der Waals surface area contributed by atoms with Gasteiger partial charge in [0, 0.05) is 18.1 Å². The zero-order chi connectivity index (χ0) is 18.5. The van der Waals surface area contributed by atoms with Gasteiger partial charge in [0.05, 0.1) is 12.4 Å². The van der Waals surface area contributed by atoms with Crippen LogP contribution in [-0.4, -0.2) is 22.1 Å². The summed E-state index contributed by atoms with van der Waals surface area (Å²) in [6, 6.07) is 13.8. The van der Waals surface area contributed by atoms with E-state index < -0.39 is 0 Å². The van der Waals surface area contributed by atoms with Gasteiger partial charge in [0.15, 0.2) is 6.61 Å². The van der Waals surface area contributed by atoms with E-state index >= 15 is 0 Å². The van der Waals surface area contributed by atoms with Gasteiger partial charge in [-0.3, -0.25) is 4.79 Å². The van der Waals surface area contributed by atoms with Gasteiger partial charge in [-0.15, -0.1) is 0 Å². The Morgan fingerprint density at radius 2 is 1.96 bits per heavy atom. The number of hydrogen-bond donors (Lipinski definition) is 1. The van der Waals surface area contributed by atoms with E-state index in [4.69, 9.17) is 4.74 Å². The van der Waals surface area contributed by atoms with E-state index in [0.717, 1.165) is 22.6 Å². The van der Waals surface area contributed by atoms with Crippen LogP contribution >= 0.6 is 0 Å². The molecule has 0 fully saturated rings. The molecule has 1 heterocycles. The molecule has 134 valence electrons.